The van der Waals surface area contributed by atoms with Crippen molar-refractivity contribution in [3.05, 3.63) is 0 Å². The number of alkyl carbamates (subject to hydrolysis) is 1. The number of carbonyl (C=O) groups is 1. The molecule has 0 spiro atoms. The maximum Gasteiger partial charge on any atom is 0.407 e. The Hall–Kier alpha value is -0.810. The summed E-state index contributed by atoms with van der Waals surface area (Å²) < 4.78 is 5.09. The third-order valence-corrected chi connectivity index (χ3v) is 4.04. The summed E-state index contributed by atoms with van der Waals surface area (Å²) in [5.74, 6) is 0. The highest BCUT2D eigenvalue weighted by Crippen LogP contribution is 2.26. The van der Waals surface area contributed by atoms with Gasteiger partial charge in [-0.2, -0.15) is 0 Å². The largest absolute Gasteiger partial charge is 0.444 e. The quantitative estimate of drug-likeness (QED) is 0.820. The molecule has 1 amide bonds. The van der Waals surface area contributed by atoms with Gasteiger partial charge in [-0.3, -0.25) is 4.90 Å². The number of hydrogen-bond donors (Lipinski definition) is 2. The molecule has 2 N–H and O–H groups in total. The molecule has 0 atom stereocenters. The van der Waals surface area contributed by atoms with Crippen LogP contribution in [0.1, 0.15) is 52.9 Å². The van der Waals surface area contributed by atoms with Gasteiger partial charge in [0.1, 0.15) is 5.60 Å². The Kier molecular flexibility index (Phi) is 5.88. The Morgan fingerprint density at radius 2 is 1.76 bits per heavy atom. The van der Waals surface area contributed by atoms with E-state index in [1.54, 1.807) is 0 Å². The predicted octanol–water partition coefficient (Wildman–Crippen LogP) is 2.12. The van der Waals surface area contributed by atoms with E-state index in [0.29, 0.717) is 6.04 Å². The van der Waals surface area contributed by atoms with Crippen molar-refractivity contribution >= 4 is 6.09 Å². The monoisotopic (exact) mass is 297 g/mol. The first-order valence-corrected chi connectivity index (χ1v) is 8.38. The maximum absolute atomic E-state index is 11.1. The van der Waals surface area contributed by atoms with E-state index < -0.39 is 0 Å². The number of nitrogens with one attached hydrogen (secondary N) is 2. The Morgan fingerprint density at radius 1 is 1.14 bits per heavy atom. The molecule has 0 aromatic rings. The number of ether oxygens (including phenoxy) is 1. The highest BCUT2D eigenvalue weighted by Gasteiger charge is 2.29. The van der Waals surface area contributed by atoms with Crippen LogP contribution >= 0.6 is 0 Å². The van der Waals surface area contributed by atoms with E-state index in [4.69, 9.17) is 4.74 Å². The predicted molar refractivity (Wildman–Crippen MR) is 84.5 cm³/mol. The molecule has 3 aliphatic rings. The fourth-order valence-electron chi connectivity index (χ4n) is 2.51. The molecule has 122 valence electrons. The standard InChI is InChI=1S/C9H17NO2.C7H14N2/c1-9(2,3)12-8(11)10-7-5-4-6-7;1-2-7(1)9-5-3-8-4-6-9/h7H,4-6H2,1-3H3,(H,10,11);7-8H,1-6H2. The highest BCUT2D eigenvalue weighted by molar-refractivity contribution is 5.68. The molecule has 0 unspecified atom stereocenters. The van der Waals surface area contributed by atoms with Gasteiger partial charge in [-0.1, -0.05) is 0 Å². The van der Waals surface area contributed by atoms with E-state index in [2.05, 4.69) is 15.5 Å². The molecule has 2 aliphatic carbocycles. The van der Waals surface area contributed by atoms with Gasteiger partial charge in [-0.15, -0.1) is 0 Å². The summed E-state index contributed by atoms with van der Waals surface area (Å²) >= 11 is 0. The van der Waals surface area contributed by atoms with Crippen LogP contribution < -0.4 is 10.6 Å². The van der Waals surface area contributed by atoms with Crippen molar-refractivity contribution in [1.29, 1.82) is 0 Å². The smallest absolute Gasteiger partial charge is 0.407 e. The molecule has 21 heavy (non-hydrogen) atoms. The van der Waals surface area contributed by atoms with Gasteiger partial charge >= 0.3 is 6.09 Å². The maximum atomic E-state index is 11.1. The Bertz CT molecular complexity index is 327. The second-order valence-corrected chi connectivity index (χ2v) is 7.29. The lowest BCUT2D eigenvalue weighted by Gasteiger charge is -2.28. The van der Waals surface area contributed by atoms with Gasteiger partial charge in [0, 0.05) is 38.3 Å². The molecule has 1 aliphatic heterocycles. The molecular weight excluding hydrogens is 266 g/mol. The zero-order valence-corrected chi connectivity index (χ0v) is 13.8. The van der Waals surface area contributed by atoms with E-state index >= 15 is 0 Å². The molecule has 0 bridgehead atoms. The van der Waals surface area contributed by atoms with Crippen LogP contribution in [-0.2, 0) is 4.74 Å². The van der Waals surface area contributed by atoms with Crippen LogP contribution in [-0.4, -0.2) is 54.9 Å². The molecule has 5 heteroatoms. The van der Waals surface area contributed by atoms with Gasteiger partial charge in [0.05, 0.1) is 0 Å². The van der Waals surface area contributed by atoms with Gasteiger partial charge in [0.2, 0.25) is 0 Å². The summed E-state index contributed by atoms with van der Waals surface area (Å²) in [5.41, 5.74) is -0.381. The minimum Gasteiger partial charge on any atom is -0.444 e. The van der Waals surface area contributed by atoms with E-state index in [0.717, 1.165) is 18.9 Å². The van der Waals surface area contributed by atoms with E-state index in [-0.39, 0.29) is 11.7 Å². The SMILES string of the molecule is C1CN(C2CC2)CCN1.CC(C)(C)OC(=O)NC1CCC1. The van der Waals surface area contributed by atoms with Crippen LogP contribution in [0.25, 0.3) is 0 Å². The lowest BCUT2D eigenvalue weighted by atomic mass is 9.93. The molecule has 5 nitrogen and oxygen atoms in total. The number of piperazine rings is 1. The fraction of sp³-hybridized carbons (Fsp3) is 0.938. The topological polar surface area (TPSA) is 53.6 Å². The Morgan fingerprint density at radius 3 is 2.19 bits per heavy atom. The first-order valence-electron chi connectivity index (χ1n) is 8.38. The average Bonchev–Trinajstić information content (AvgIpc) is 3.18. The van der Waals surface area contributed by atoms with Crippen LogP contribution in [0.15, 0.2) is 0 Å². The van der Waals surface area contributed by atoms with Crippen LogP contribution in [0.3, 0.4) is 0 Å². The fourth-order valence-corrected chi connectivity index (χ4v) is 2.51. The van der Waals surface area contributed by atoms with Gasteiger partial charge in [0.25, 0.3) is 0 Å². The molecule has 2 saturated carbocycles. The third-order valence-electron chi connectivity index (χ3n) is 4.04. The van der Waals surface area contributed by atoms with Crippen molar-refractivity contribution in [1.82, 2.24) is 15.5 Å². The molecule has 3 fully saturated rings. The van der Waals surface area contributed by atoms with Crippen LogP contribution in [0, 0.1) is 0 Å². The molecule has 1 saturated heterocycles. The first-order chi connectivity index (χ1) is 9.94. The van der Waals surface area contributed by atoms with Crippen molar-refractivity contribution in [2.24, 2.45) is 0 Å². The molecule has 0 aromatic carbocycles. The molecule has 0 radical (unpaired) electrons. The van der Waals surface area contributed by atoms with Crippen molar-refractivity contribution in [2.45, 2.75) is 70.6 Å². The van der Waals surface area contributed by atoms with E-state index in [1.807, 2.05) is 20.8 Å². The lowest BCUT2D eigenvalue weighted by molar-refractivity contribution is 0.0480. The van der Waals surface area contributed by atoms with Crippen molar-refractivity contribution < 1.29 is 9.53 Å². The van der Waals surface area contributed by atoms with Gasteiger partial charge in [-0.05, 0) is 52.9 Å². The van der Waals surface area contributed by atoms with E-state index in [1.165, 1.54) is 45.4 Å². The Labute approximate surface area is 128 Å². The zero-order chi connectivity index (χ0) is 15.3. The van der Waals surface area contributed by atoms with Crippen molar-refractivity contribution in [3.8, 4) is 0 Å². The third kappa shape index (κ3) is 6.66. The number of hydrogen-bond acceptors (Lipinski definition) is 4. The minimum absolute atomic E-state index is 0.285. The molecule has 0 aromatic heterocycles. The number of nitrogens with zero attached hydrogens (tertiary/aromatic N) is 1. The first kappa shape index (κ1) is 16.6. The number of rotatable bonds is 2. The molecule has 3 rings (SSSR count). The summed E-state index contributed by atoms with van der Waals surface area (Å²) in [5, 5.41) is 6.17. The van der Waals surface area contributed by atoms with Crippen molar-refractivity contribution in [2.75, 3.05) is 26.2 Å². The second kappa shape index (κ2) is 7.45. The summed E-state index contributed by atoms with van der Waals surface area (Å²) in [6.07, 6.45) is 6.05. The normalized spacial score (nSPS) is 23.6. The summed E-state index contributed by atoms with van der Waals surface area (Å²) in [6, 6.07) is 1.34. The molecular formula is C16H31N3O2. The average molecular weight is 297 g/mol. The summed E-state index contributed by atoms with van der Waals surface area (Å²) in [4.78, 5) is 13.7. The molecule has 1 heterocycles. The lowest BCUT2D eigenvalue weighted by Crippen LogP contribution is -2.44. The minimum atomic E-state index is -0.381. The zero-order valence-electron chi connectivity index (χ0n) is 13.8. The highest BCUT2D eigenvalue weighted by atomic mass is 16.6. The van der Waals surface area contributed by atoms with Gasteiger partial charge in [0.15, 0.2) is 0 Å². The van der Waals surface area contributed by atoms with Crippen LogP contribution in [0.5, 0.6) is 0 Å². The van der Waals surface area contributed by atoms with E-state index in [9.17, 15) is 4.79 Å². The Balaban J connectivity index is 0.000000159. The summed E-state index contributed by atoms with van der Waals surface area (Å²) in [6.45, 7) is 10.6. The van der Waals surface area contributed by atoms with Crippen LogP contribution in [0.4, 0.5) is 4.79 Å². The summed E-state index contributed by atoms with van der Waals surface area (Å²) in [7, 11) is 0. The van der Waals surface area contributed by atoms with Crippen LogP contribution in [0.2, 0.25) is 0 Å². The number of carbonyl (C=O) groups excluding carboxylic acids is 1. The van der Waals surface area contributed by atoms with Crippen molar-refractivity contribution in [3.63, 3.8) is 0 Å². The van der Waals surface area contributed by atoms with Gasteiger partial charge < -0.3 is 15.4 Å². The second-order valence-electron chi connectivity index (χ2n) is 7.29. The van der Waals surface area contributed by atoms with Gasteiger partial charge in [-0.25, -0.2) is 4.79 Å². The number of amides is 1.